The van der Waals surface area contributed by atoms with E-state index < -0.39 is 0 Å². The van der Waals surface area contributed by atoms with E-state index in [-0.39, 0.29) is 4.06 Å². The van der Waals surface area contributed by atoms with E-state index in [9.17, 15) is 4.79 Å². The van der Waals surface area contributed by atoms with Crippen LogP contribution in [0.3, 0.4) is 0 Å². The second-order valence-electron chi connectivity index (χ2n) is 5.16. The van der Waals surface area contributed by atoms with Crippen LogP contribution < -0.4 is 4.06 Å². The highest BCUT2D eigenvalue weighted by molar-refractivity contribution is 8.77. The summed E-state index contributed by atoms with van der Waals surface area (Å²) < 4.78 is 1.86. The summed E-state index contributed by atoms with van der Waals surface area (Å²) in [6, 6.07) is 0. The van der Waals surface area contributed by atoms with Gasteiger partial charge in [0, 0.05) is 25.5 Å². The summed E-state index contributed by atoms with van der Waals surface area (Å²) in [5.74, 6) is 0.972. The number of benzene rings is 2. The Bertz CT molecular complexity index is 1040. The van der Waals surface area contributed by atoms with Crippen molar-refractivity contribution in [1.29, 1.82) is 0 Å². The van der Waals surface area contributed by atoms with Gasteiger partial charge < -0.3 is 0 Å². The van der Waals surface area contributed by atoms with Gasteiger partial charge in [0.15, 0.2) is 0 Å². The van der Waals surface area contributed by atoms with Crippen molar-refractivity contribution in [3.63, 3.8) is 0 Å². The van der Waals surface area contributed by atoms with Crippen molar-refractivity contribution in [2.45, 2.75) is 34.5 Å². The highest BCUT2D eigenvalue weighted by Gasteiger charge is 2.30. The van der Waals surface area contributed by atoms with E-state index in [1.165, 1.54) is 22.7 Å². The molecule has 0 bridgehead atoms. The molecule has 1 aliphatic heterocycles. The van der Waals surface area contributed by atoms with Gasteiger partial charge >= 0.3 is 0 Å². The molecule has 1 aromatic heterocycles. The predicted molar refractivity (Wildman–Crippen MR) is 116 cm³/mol. The Kier molecular flexibility index (Phi) is 5.31. The van der Waals surface area contributed by atoms with Gasteiger partial charge in [-0.1, -0.05) is 92.4 Å². The summed E-state index contributed by atoms with van der Waals surface area (Å²) in [7, 11) is 3.19. The van der Waals surface area contributed by atoms with Gasteiger partial charge in [-0.15, -0.1) is 11.8 Å². The summed E-state index contributed by atoms with van der Waals surface area (Å²) in [5.41, 5.74) is 0. The highest BCUT2D eigenvalue weighted by atomic mass is 35.5. The fourth-order valence-electron chi connectivity index (χ4n) is 2.58. The van der Waals surface area contributed by atoms with Gasteiger partial charge in [-0.2, -0.15) is 0 Å². The zero-order chi connectivity index (χ0) is 17.0. The van der Waals surface area contributed by atoms with Crippen molar-refractivity contribution in [1.82, 2.24) is 0 Å². The summed E-state index contributed by atoms with van der Waals surface area (Å²) in [6.45, 7) is 2.17. The molecular weight excluding hydrogens is 463 g/mol. The zero-order valence-corrected chi connectivity index (χ0v) is 18.6. The standard InChI is InChI=1S/C15H9Cl3OS5/c1-2-3-4-20-10-5-6-11(8(17)7(10)16)23-24-12(6)9(18)14-13(5)21-15(19)22-14/h2-4H2,1H3. The van der Waals surface area contributed by atoms with Gasteiger partial charge in [-0.3, -0.25) is 4.79 Å². The number of hydrogen-bond acceptors (Lipinski definition) is 6. The van der Waals surface area contributed by atoms with Crippen LogP contribution in [-0.2, 0) is 0 Å². The molecule has 2 heterocycles. The third kappa shape index (κ3) is 2.73. The van der Waals surface area contributed by atoms with E-state index in [1.54, 1.807) is 33.3 Å². The van der Waals surface area contributed by atoms with E-state index in [0.717, 1.165) is 53.5 Å². The van der Waals surface area contributed by atoms with E-state index in [4.69, 9.17) is 34.8 Å². The third-order valence-corrected chi connectivity index (χ3v) is 11.2. The number of rotatable bonds is 4. The summed E-state index contributed by atoms with van der Waals surface area (Å²) in [5, 5.41) is 3.97. The van der Waals surface area contributed by atoms with Crippen LogP contribution >= 0.6 is 90.8 Å². The van der Waals surface area contributed by atoms with E-state index >= 15 is 0 Å². The minimum atomic E-state index is 0.0562. The molecular formula is C15H9Cl3OS5. The van der Waals surface area contributed by atoms with Gasteiger partial charge in [0.05, 0.1) is 24.5 Å². The van der Waals surface area contributed by atoms with E-state index in [0.29, 0.717) is 15.1 Å². The van der Waals surface area contributed by atoms with E-state index in [1.807, 2.05) is 0 Å². The smallest absolute Gasteiger partial charge is 0.265 e. The van der Waals surface area contributed by atoms with Gasteiger partial charge in [0.25, 0.3) is 4.06 Å². The molecule has 0 saturated carbocycles. The van der Waals surface area contributed by atoms with Crippen molar-refractivity contribution in [3.05, 3.63) is 23.9 Å². The molecule has 2 aromatic carbocycles. The fraction of sp³-hybridized carbons (Fsp3) is 0.267. The molecule has 3 aromatic rings. The van der Waals surface area contributed by atoms with Crippen LogP contribution in [-0.4, -0.2) is 5.75 Å². The van der Waals surface area contributed by atoms with Crippen molar-refractivity contribution in [3.8, 4) is 0 Å². The van der Waals surface area contributed by atoms with Crippen LogP contribution in [0.4, 0.5) is 0 Å². The number of fused-ring (bicyclic) bond motifs is 2. The molecule has 0 atom stereocenters. The lowest BCUT2D eigenvalue weighted by atomic mass is 10.1. The van der Waals surface area contributed by atoms with E-state index in [2.05, 4.69) is 6.92 Å². The van der Waals surface area contributed by atoms with Crippen molar-refractivity contribution < 1.29 is 0 Å². The minimum absolute atomic E-state index is 0.0562. The monoisotopic (exact) mass is 470 g/mol. The molecule has 9 heteroatoms. The maximum Gasteiger partial charge on any atom is 0.288 e. The third-order valence-electron chi connectivity index (χ3n) is 3.68. The normalized spacial score (nSPS) is 13.5. The second kappa shape index (κ2) is 7.04. The molecule has 0 fully saturated rings. The number of thioether (sulfide) groups is 1. The van der Waals surface area contributed by atoms with Crippen molar-refractivity contribution >= 4 is 111 Å². The Morgan fingerprint density at radius 2 is 1.58 bits per heavy atom. The Morgan fingerprint density at radius 1 is 0.917 bits per heavy atom. The Hall–Kier alpha value is 0.730. The molecule has 0 N–H and O–H groups in total. The average Bonchev–Trinajstić information content (AvgIpc) is 3.15. The van der Waals surface area contributed by atoms with Crippen molar-refractivity contribution in [2.75, 3.05) is 5.75 Å². The number of hydrogen-bond donors (Lipinski definition) is 0. The fourth-order valence-corrected chi connectivity index (χ4v) is 10.2. The lowest BCUT2D eigenvalue weighted by Gasteiger charge is -2.13. The molecule has 0 amide bonds. The SMILES string of the molecule is CCCCSc1c(Cl)c(Cl)c2c3c(c(Cl)c4sc(=O)sc4c13)SS2. The Balaban J connectivity index is 2.16. The zero-order valence-electron chi connectivity index (χ0n) is 12.2. The van der Waals surface area contributed by atoms with Crippen LogP contribution in [0.1, 0.15) is 19.8 Å². The highest BCUT2D eigenvalue weighted by Crippen LogP contribution is 2.62. The number of unbranched alkanes of at least 4 members (excludes halogenated alkanes) is 1. The molecule has 1 nitrogen and oxygen atoms in total. The molecule has 0 saturated heterocycles. The predicted octanol–water partition coefficient (Wildman–Crippen LogP) is 8.44. The van der Waals surface area contributed by atoms with Crippen LogP contribution in [0.15, 0.2) is 19.5 Å². The topological polar surface area (TPSA) is 17.1 Å². The van der Waals surface area contributed by atoms with Crippen LogP contribution in [0, 0.1) is 0 Å². The van der Waals surface area contributed by atoms with Crippen LogP contribution in [0.2, 0.25) is 15.1 Å². The quantitative estimate of drug-likeness (QED) is 0.215. The number of halogens is 3. The maximum absolute atomic E-state index is 12.0. The molecule has 0 spiro atoms. The average molecular weight is 472 g/mol. The molecule has 1 aliphatic rings. The van der Waals surface area contributed by atoms with Gasteiger partial charge in [0.2, 0.25) is 0 Å². The van der Waals surface area contributed by atoms with Crippen LogP contribution in [0.5, 0.6) is 0 Å². The molecule has 126 valence electrons. The summed E-state index contributed by atoms with van der Waals surface area (Å²) in [4.78, 5) is 15.0. The van der Waals surface area contributed by atoms with Gasteiger partial charge in [0.1, 0.15) is 0 Å². The Labute approximate surface area is 173 Å². The summed E-state index contributed by atoms with van der Waals surface area (Å²) in [6.07, 6.45) is 2.23. The van der Waals surface area contributed by atoms with Crippen molar-refractivity contribution in [2.24, 2.45) is 0 Å². The summed E-state index contributed by atoms with van der Waals surface area (Å²) >= 11 is 24.0. The Morgan fingerprint density at radius 3 is 2.29 bits per heavy atom. The molecule has 0 unspecified atom stereocenters. The first-order chi connectivity index (χ1) is 11.5. The van der Waals surface area contributed by atoms with Gasteiger partial charge in [-0.25, -0.2) is 0 Å². The first-order valence-electron chi connectivity index (χ1n) is 7.11. The molecule has 4 rings (SSSR count). The minimum Gasteiger partial charge on any atom is -0.265 e. The first kappa shape index (κ1) is 18.1. The molecule has 0 aliphatic carbocycles. The lowest BCUT2D eigenvalue weighted by molar-refractivity contribution is 0.896. The van der Waals surface area contributed by atoms with Crippen LogP contribution in [0.25, 0.3) is 20.2 Å². The maximum atomic E-state index is 12.0. The second-order valence-corrected chi connectivity index (χ2v) is 11.8. The molecule has 0 radical (unpaired) electrons. The molecule has 24 heavy (non-hydrogen) atoms. The van der Waals surface area contributed by atoms with Gasteiger partial charge in [-0.05, 0) is 12.2 Å². The lowest BCUT2D eigenvalue weighted by Crippen LogP contribution is -1.88. The first-order valence-corrected chi connectivity index (χ1v) is 13.0. The largest absolute Gasteiger partial charge is 0.288 e.